The third-order valence-corrected chi connectivity index (χ3v) is 4.34. The second kappa shape index (κ2) is 6.89. The van der Waals surface area contributed by atoms with Gasteiger partial charge in [-0.1, -0.05) is 12.1 Å². The Kier molecular flexibility index (Phi) is 4.66. The van der Waals surface area contributed by atoms with Crippen LogP contribution < -0.4 is 26.2 Å². The van der Waals surface area contributed by atoms with Gasteiger partial charge < -0.3 is 24.7 Å². The van der Waals surface area contributed by atoms with Crippen LogP contribution in [0.2, 0.25) is 0 Å². The first-order chi connectivity index (χ1) is 12.0. The van der Waals surface area contributed by atoms with E-state index in [0.717, 1.165) is 4.90 Å². The van der Waals surface area contributed by atoms with Crippen LogP contribution in [0.25, 0.3) is 0 Å². The third-order valence-electron chi connectivity index (χ3n) is 4.34. The van der Waals surface area contributed by atoms with Gasteiger partial charge in [0.15, 0.2) is 0 Å². The number of hydrogen-bond donors (Lipinski definition) is 3. The molecule has 132 valence electrons. The van der Waals surface area contributed by atoms with Gasteiger partial charge in [0.2, 0.25) is 0 Å². The number of aromatic nitrogens is 2. The van der Waals surface area contributed by atoms with Crippen molar-refractivity contribution in [1.82, 2.24) is 9.97 Å². The maximum atomic E-state index is 13.9. The topological polar surface area (TPSA) is 114 Å². The highest BCUT2D eigenvalue weighted by Gasteiger charge is 2.24. The predicted molar refractivity (Wildman–Crippen MR) is 85.0 cm³/mol. The van der Waals surface area contributed by atoms with E-state index in [-0.39, 0.29) is 17.9 Å². The molecule has 1 aromatic heterocycles. The van der Waals surface area contributed by atoms with Crippen molar-refractivity contribution in [3.8, 4) is 0 Å². The Hall–Kier alpha value is -2.94. The lowest BCUT2D eigenvalue weighted by Crippen LogP contribution is -3.13. The summed E-state index contributed by atoms with van der Waals surface area (Å²) in [5.74, 6) is -1.88. The molecule has 0 radical (unpaired) electrons. The zero-order valence-corrected chi connectivity index (χ0v) is 13.3. The molecule has 0 aliphatic carbocycles. The molecule has 0 atom stereocenters. The molecule has 9 heteroatoms. The van der Waals surface area contributed by atoms with Gasteiger partial charge in [-0.2, -0.15) is 0 Å². The molecule has 1 aliphatic heterocycles. The fourth-order valence-corrected chi connectivity index (χ4v) is 3.05. The van der Waals surface area contributed by atoms with Crippen molar-refractivity contribution in [2.45, 2.75) is 6.54 Å². The van der Waals surface area contributed by atoms with Crippen molar-refractivity contribution in [3.05, 3.63) is 62.2 Å². The molecular weight excluding hydrogens is 331 g/mol. The summed E-state index contributed by atoms with van der Waals surface area (Å²) in [6, 6.07) is 6.51. The number of carbonyl (C=O) groups excluding carboxylic acids is 1. The van der Waals surface area contributed by atoms with Crippen LogP contribution >= 0.6 is 0 Å². The average Bonchev–Trinajstić information content (AvgIpc) is 2.58. The molecule has 0 amide bonds. The number of carboxylic acid groups (broad SMARTS) is 1. The zero-order valence-electron chi connectivity index (χ0n) is 13.3. The summed E-state index contributed by atoms with van der Waals surface area (Å²) < 4.78 is 13.9. The smallest absolute Gasteiger partial charge is 0.326 e. The summed E-state index contributed by atoms with van der Waals surface area (Å²) in [4.78, 5) is 41.3. The Bertz CT molecular complexity index is 899. The number of piperazine rings is 1. The monoisotopic (exact) mass is 348 g/mol. The Morgan fingerprint density at radius 2 is 1.88 bits per heavy atom. The standard InChI is InChI=1S/C16H17FN4O4/c17-11-3-1-2-4-12(11)21-7-5-20(6-8-21)9-10-13(15(23)24)18-16(25)19-14(10)22/h1-4H,5-9H2,(H,23,24)(H2,18,19,22,25). The number of carbonyl (C=O) groups is 1. The number of benzene rings is 1. The van der Waals surface area contributed by atoms with Crippen molar-refractivity contribution < 1.29 is 19.2 Å². The fraction of sp³-hybridized carbons (Fsp3) is 0.312. The van der Waals surface area contributed by atoms with Gasteiger partial charge in [-0.15, -0.1) is 0 Å². The first-order valence-corrected chi connectivity index (χ1v) is 7.85. The van der Waals surface area contributed by atoms with Gasteiger partial charge in [0, 0.05) is 0 Å². The van der Waals surface area contributed by atoms with Crippen LogP contribution in [0.3, 0.4) is 0 Å². The van der Waals surface area contributed by atoms with Gasteiger partial charge >= 0.3 is 5.69 Å². The molecule has 0 unspecified atom stereocenters. The number of para-hydroxylation sites is 1. The number of aromatic carboxylic acids is 1. The van der Waals surface area contributed by atoms with Gasteiger partial charge in [0.1, 0.15) is 12.4 Å². The molecule has 3 rings (SSSR count). The van der Waals surface area contributed by atoms with Gasteiger partial charge in [0.25, 0.3) is 5.56 Å². The number of halogens is 1. The lowest BCUT2D eigenvalue weighted by atomic mass is 10.2. The fourth-order valence-electron chi connectivity index (χ4n) is 3.05. The second-order valence-corrected chi connectivity index (χ2v) is 5.91. The van der Waals surface area contributed by atoms with Gasteiger partial charge in [-0.05, 0) is 12.1 Å². The molecular formula is C16H17FN4O4. The number of nitrogens with zero attached hydrogens (tertiary/aromatic N) is 1. The quantitative estimate of drug-likeness (QED) is 0.564. The van der Waals surface area contributed by atoms with Crippen LogP contribution in [0.5, 0.6) is 0 Å². The Morgan fingerprint density at radius 3 is 2.52 bits per heavy atom. The number of quaternary nitrogens is 1. The molecule has 2 aromatic rings. The highest BCUT2D eigenvalue weighted by atomic mass is 19.1. The number of H-pyrrole nitrogens is 2. The molecule has 1 aliphatic rings. The highest BCUT2D eigenvalue weighted by molar-refractivity contribution is 5.84. The van der Waals surface area contributed by atoms with Crippen molar-refractivity contribution in [2.75, 3.05) is 31.1 Å². The Labute approximate surface area is 141 Å². The number of hydrogen-bond acceptors (Lipinski definition) is 5. The SMILES string of the molecule is O=C([O-])c1[nH]c(=O)[nH]c(=O)c1C[NH+]1CCN(c2ccccc2F)CC1. The Morgan fingerprint density at radius 1 is 1.20 bits per heavy atom. The second-order valence-electron chi connectivity index (χ2n) is 5.91. The largest absolute Gasteiger partial charge is 0.543 e. The first-order valence-electron chi connectivity index (χ1n) is 7.85. The minimum absolute atomic E-state index is 0.0195. The molecule has 2 heterocycles. The number of rotatable bonds is 4. The van der Waals surface area contributed by atoms with Crippen LogP contribution in [0.15, 0.2) is 33.9 Å². The maximum absolute atomic E-state index is 13.9. The molecule has 1 fully saturated rings. The van der Waals surface area contributed by atoms with Gasteiger partial charge in [-0.3, -0.25) is 9.78 Å². The van der Waals surface area contributed by atoms with E-state index < -0.39 is 22.9 Å². The molecule has 0 bridgehead atoms. The lowest BCUT2D eigenvalue weighted by molar-refractivity contribution is -0.914. The molecule has 1 aromatic carbocycles. The number of anilines is 1. The van der Waals surface area contributed by atoms with E-state index in [1.54, 1.807) is 18.2 Å². The molecule has 25 heavy (non-hydrogen) atoms. The van der Waals surface area contributed by atoms with Crippen LogP contribution in [0.1, 0.15) is 16.1 Å². The van der Waals surface area contributed by atoms with E-state index in [9.17, 15) is 23.9 Å². The van der Waals surface area contributed by atoms with Crippen molar-refractivity contribution in [1.29, 1.82) is 0 Å². The van der Waals surface area contributed by atoms with E-state index in [1.165, 1.54) is 6.07 Å². The Balaban J connectivity index is 1.73. The first kappa shape index (κ1) is 16.9. The zero-order chi connectivity index (χ0) is 18.0. The van der Waals surface area contributed by atoms with Gasteiger partial charge in [-0.25, -0.2) is 9.18 Å². The van der Waals surface area contributed by atoms with Crippen LogP contribution in [0.4, 0.5) is 10.1 Å². The summed E-state index contributed by atoms with van der Waals surface area (Å²) in [5, 5.41) is 11.1. The molecule has 1 saturated heterocycles. The number of nitrogens with one attached hydrogen (secondary N) is 3. The number of aromatic amines is 2. The molecule has 8 nitrogen and oxygen atoms in total. The summed E-state index contributed by atoms with van der Waals surface area (Å²) in [6.07, 6.45) is 0. The predicted octanol–water partition coefficient (Wildman–Crippen LogP) is -2.53. The molecule has 0 spiro atoms. The highest BCUT2D eigenvalue weighted by Crippen LogP contribution is 2.18. The minimum atomic E-state index is -1.59. The summed E-state index contributed by atoms with van der Waals surface area (Å²) in [7, 11) is 0. The van der Waals surface area contributed by atoms with E-state index >= 15 is 0 Å². The van der Waals surface area contributed by atoms with Crippen molar-refractivity contribution >= 4 is 11.7 Å². The van der Waals surface area contributed by atoms with E-state index in [1.807, 2.05) is 9.88 Å². The van der Waals surface area contributed by atoms with E-state index in [4.69, 9.17) is 0 Å². The maximum Gasteiger partial charge on any atom is 0.326 e. The van der Waals surface area contributed by atoms with Crippen LogP contribution in [-0.4, -0.2) is 42.1 Å². The number of carboxylic acids is 1. The minimum Gasteiger partial charge on any atom is -0.543 e. The van der Waals surface area contributed by atoms with Crippen molar-refractivity contribution in [2.24, 2.45) is 0 Å². The third kappa shape index (κ3) is 3.61. The summed E-state index contributed by atoms with van der Waals surface area (Å²) in [5.41, 5.74) is -1.59. The van der Waals surface area contributed by atoms with Crippen LogP contribution in [0, 0.1) is 5.82 Å². The normalized spacial score (nSPS) is 15.3. The molecule has 0 saturated carbocycles. The van der Waals surface area contributed by atoms with E-state index in [0.29, 0.717) is 31.9 Å². The summed E-state index contributed by atoms with van der Waals surface area (Å²) >= 11 is 0. The van der Waals surface area contributed by atoms with Crippen LogP contribution in [-0.2, 0) is 6.54 Å². The van der Waals surface area contributed by atoms with Gasteiger partial charge in [0.05, 0.1) is 49.1 Å². The summed E-state index contributed by atoms with van der Waals surface area (Å²) in [6.45, 7) is 2.47. The van der Waals surface area contributed by atoms with Crippen molar-refractivity contribution in [3.63, 3.8) is 0 Å². The lowest BCUT2D eigenvalue weighted by Gasteiger charge is -2.33. The average molecular weight is 348 g/mol. The van der Waals surface area contributed by atoms with E-state index in [2.05, 4.69) is 4.98 Å². The molecule has 3 N–H and O–H groups in total.